The molecule has 0 heterocycles. The lowest BCUT2D eigenvalue weighted by atomic mass is 10.1. The molecule has 0 fully saturated rings. The molecule has 2 N–H and O–H groups in total. The molecule has 25 heavy (non-hydrogen) atoms. The summed E-state index contributed by atoms with van der Waals surface area (Å²) < 4.78 is 5.98. The Kier molecular flexibility index (Phi) is 7.55. The average Bonchev–Trinajstić information content (AvgIpc) is 2.58. The van der Waals surface area contributed by atoms with Gasteiger partial charge in [0.15, 0.2) is 6.61 Å². The van der Waals surface area contributed by atoms with Gasteiger partial charge >= 0.3 is 0 Å². The van der Waals surface area contributed by atoms with Gasteiger partial charge in [0.1, 0.15) is 5.75 Å². The van der Waals surface area contributed by atoms with Crippen LogP contribution in [-0.4, -0.2) is 18.4 Å². The Bertz CT molecular complexity index is 771. The van der Waals surface area contributed by atoms with E-state index in [1.807, 2.05) is 18.2 Å². The summed E-state index contributed by atoms with van der Waals surface area (Å²) in [4.78, 5) is 23.5. The number of hydrazine groups is 1. The van der Waals surface area contributed by atoms with E-state index in [0.29, 0.717) is 26.7 Å². The molecular formula is C17H15BrCl2N2O3. The molecule has 0 aromatic heterocycles. The molecule has 2 aromatic carbocycles. The van der Waals surface area contributed by atoms with E-state index in [1.165, 1.54) is 0 Å². The molecule has 2 amide bonds. The van der Waals surface area contributed by atoms with Gasteiger partial charge in [0.25, 0.3) is 5.91 Å². The number of ether oxygens (including phenoxy) is 1. The largest absolute Gasteiger partial charge is 0.483 e. The van der Waals surface area contributed by atoms with Gasteiger partial charge in [0.05, 0.1) is 4.47 Å². The predicted molar refractivity (Wildman–Crippen MR) is 101 cm³/mol. The van der Waals surface area contributed by atoms with Crippen LogP contribution in [0.25, 0.3) is 0 Å². The Balaban J connectivity index is 1.70. The summed E-state index contributed by atoms with van der Waals surface area (Å²) in [5, 5.41) is 1.16. The van der Waals surface area contributed by atoms with Crippen LogP contribution in [0.15, 0.2) is 46.9 Å². The first-order valence-electron chi connectivity index (χ1n) is 7.34. The minimum atomic E-state index is -0.479. The van der Waals surface area contributed by atoms with Gasteiger partial charge < -0.3 is 4.74 Å². The molecule has 0 saturated heterocycles. The highest BCUT2D eigenvalue weighted by Gasteiger charge is 2.09. The molecule has 2 rings (SSSR count). The second-order valence-electron chi connectivity index (χ2n) is 5.05. The fourth-order valence-corrected chi connectivity index (χ4v) is 2.95. The van der Waals surface area contributed by atoms with Gasteiger partial charge in [0, 0.05) is 16.5 Å². The minimum Gasteiger partial charge on any atom is -0.483 e. The minimum absolute atomic E-state index is 0.202. The Morgan fingerprint density at radius 1 is 1.04 bits per heavy atom. The summed E-state index contributed by atoms with van der Waals surface area (Å²) in [6.45, 7) is -0.245. The molecule has 132 valence electrons. The number of carbonyl (C=O) groups excluding carboxylic acids is 2. The number of carbonyl (C=O) groups is 2. The van der Waals surface area contributed by atoms with E-state index in [0.717, 1.165) is 5.56 Å². The van der Waals surface area contributed by atoms with Crippen molar-refractivity contribution >= 4 is 50.9 Å². The van der Waals surface area contributed by atoms with Gasteiger partial charge in [-0.3, -0.25) is 20.4 Å². The summed E-state index contributed by atoms with van der Waals surface area (Å²) in [7, 11) is 0. The second-order valence-corrected chi connectivity index (χ2v) is 6.75. The standard InChI is InChI=1S/C17H15BrCl2N2O3/c18-13-9-12(19)6-7-15(13)25-10-17(24)22-21-16(23)8-5-11-3-1-2-4-14(11)20/h1-4,6-7,9H,5,8,10H2,(H,21,23)(H,22,24). The third-order valence-electron chi connectivity index (χ3n) is 3.17. The summed E-state index contributed by atoms with van der Waals surface area (Å²) in [6.07, 6.45) is 0.684. The fraction of sp³-hybridized carbons (Fsp3) is 0.176. The first kappa shape index (κ1) is 19.6. The molecule has 8 heteroatoms. The van der Waals surface area contributed by atoms with Crippen LogP contribution < -0.4 is 15.6 Å². The van der Waals surface area contributed by atoms with Crippen molar-refractivity contribution in [2.24, 2.45) is 0 Å². The van der Waals surface area contributed by atoms with E-state index in [9.17, 15) is 9.59 Å². The zero-order chi connectivity index (χ0) is 18.2. The molecule has 0 bridgehead atoms. The van der Waals surface area contributed by atoms with Crippen molar-refractivity contribution < 1.29 is 14.3 Å². The van der Waals surface area contributed by atoms with Crippen LogP contribution in [0.5, 0.6) is 5.75 Å². The van der Waals surface area contributed by atoms with Crippen LogP contribution in [0.1, 0.15) is 12.0 Å². The molecule has 0 atom stereocenters. The second kappa shape index (κ2) is 9.65. The van der Waals surface area contributed by atoms with Crippen molar-refractivity contribution in [1.82, 2.24) is 10.9 Å². The molecule has 0 aliphatic carbocycles. The normalized spacial score (nSPS) is 10.2. The third-order valence-corrected chi connectivity index (χ3v) is 4.40. The highest BCUT2D eigenvalue weighted by atomic mass is 79.9. The van der Waals surface area contributed by atoms with Crippen LogP contribution in [0.2, 0.25) is 10.0 Å². The maximum atomic E-state index is 11.8. The molecular weight excluding hydrogens is 431 g/mol. The highest BCUT2D eigenvalue weighted by molar-refractivity contribution is 9.10. The van der Waals surface area contributed by atoms with Gasteiger partial charge in [-0.2, -0.15) is 0 Å². The Morgan fingerprint density at radius 3 is 2.48 bits per heavy atom. The van der Waals surface area contributed by atoms with Crippen molar-refractivity contribution in [3.63, 3.8) is 0 Å². The van der Waals surface area contributed by atoms with Crippen molar-refractivity contribution in [3.8, 4) is 5.75 Å². The van der Waals surface area contributed by atoms with Crippen molar-refractivity contribution in [2.75, 3.05) is 6.61 Å². The lowest BCUT2D eigenvalue weighted by Crippen LogP contribution is -2.43. The molecule has 0 unspecified atom stereocenters. The summed E-state index contributed by atoms with van der Waals surface area (Å²) >= 11 is 15.1. The number of benzene rings is 2. The molecule has 0 radical (unpaired) electrons. The molecule has 0 spiro atoms. The van der Waals surface area contributed by atoms with Crippen LogP contribution in [0.4, 0.5) is 0 Å². The van der Waals surface area contributed by atoms with Gasteiger partial charge in [-0.25, -0.2) is 0 Å². The van der Waals surface area contributed by atoms with E-state index in [2.05, 4.69) is 26.8 Å². The van der Waals surface area contributed by atoms with Crippen molar-refractivity contribution in [3.05, 3.63) is 62.5 Å². The lowest BCUT2D eigenvalue weighted by molar-refractivity contribution is -0.130. The highest BCUT2D eigenvalue weighted by Crippen LogP contribution is 2.27. The van der Waals surface area contributed by atoms with E-state index in [4.69, 9.17) is 27.9 Å². The number of hydrogen-bond acceptors (Lipinski definition) is 3. The number of aryl methyl sites for hydroxylation is 1. The van der Waals surface area contributed by atoms with Gasteiger partial charge in [-0.15, -0.1) is 0 Å². The number of nitrogens with one attached hydrogen (secondary N) is 2. The van der Waals surface area contributed by atoms with E-state index in [-0.39, 0.29) is 18.9 Å². The number of hydrogen-bond donors (Lipinski definition) is 2. The molecule has 0 aliphatic heterocycles. The molecule has 5 nitrogen and oxygen atoms in total. The lowest BCUT2D eigenvalue weighted by Gasteiger charge is -2.10. The molecule has 0 saturated carbocycles. The maximum Gasteiger partial charge on any atom is 0.276 e. The topological polar surface area (TPSA) is 67.4 Å². The third kappa shape index (κ3) is 6.57. The monoisotopic (exact) mass is 444 g/mol. The summed E-state index contributed by atoms with van der Waals surface area (Å²) in [6, 6.07) is 12.2. The number of halogens is 3. The Labute approximate surface area is 163 Å². The average molecular weight is 446 g/mol. The van der Waals surface area contributed by atoms with Gasteiger partial charge in [-0.05, 0) is 52.2 Å². The fourth-order valence-electron chi connectivity index (χ4n) is 1.92. The van der Waals surface area contributed by atoms with E-state index < -0.39 is 5.91 Å². The number of rotatable bonds is 6. The SMILES string of the molecule is O=C(CCc1ccccc1Cl)NNC(=O)COc1ccc(Cl)cc1Br. The van der Waals surface area contributed by atoms with Crippen LogP contribution in [0, 0.1) is 0 Å². The Hall–Kier alpha value is -1.76. The summed E-state index contributed by atoms with van der Waals surface area (Å²) in [5.74, 6) is -0.321. The molecule has 0 aliphatic rings. The van der Waals surface area contributed by atoms with Crippen molar-refractivity contribution in [2.45, 2.75) is 12.8 Å². The zero-order valence-electron chi connectivity index (χ0n) is 13.0. The van der Waals surface area contributed by atoms with E-state index in [1.54, 1.807) is 24.3 Å². The van der Waals surface area contributed by atoms with Crippen LogP contribution in [-0.2, 0) is 16.0 Å². The smallest absolute Gasteiger partial charge is 0.276 e. The predicted octanol–water partition coefficient (Wildman–Crippen LogP) is 3.91. The van der Waals surface area contributed by atoms with Gasteiger partial charge in [0.2, 0.25) is 5.91 Å². The van der Waals surface area contributed by atoms with Gasteiger partial charge in [-0.1, -0.05) is 41.4 Å². The quantitative estimate of drug-likeness (QED) is 0.662. The number of amides is 2. The Morgan fingerprint density at radius 2 is 1.76 bits per heavy atom. The molecule has 2 aromatic rings. The first-order chi connectivity index (χ1) is 12.0. The van der Waals surface area contributed by atoms with Crippen LogP contribution in [0.3, 0.4) is 0 Å². The maximum absolute atomic E-state index is 11.8. The first-order valence-corrected chi connectivity index (χ1v) is 8.89. The zero-order valence-corrected chi connectivity index (χ0v) is 16.1. The van der Waals surface area contributed by atoms with E-state index >= 15 is 0 Å². The summed E-state index contributed by atoms with van der Waals surface area (Å²) in [5.41, 5.74) is 5.51. The van der Waals surface area contributed by atoms with Crippen LogP contribution >= 0.6 is 39.1 Å². The van der Waals surface area contributed by atoms with Crippen molar-refractivity contribution in [1.29, 1.82) is 0 Å².